The van der Waals surface area contributed by atoms with E-state index in [-0.39, 0.29) is 11.8 Å². The van der Waals surface area contributed by atoms with Crippen LogP contribution in [0.5, 0.6) is 0 Å². The number of likely N-dealkylation sites (tertiary alicyclic amines) is 1. The highest BCUT2D eigenvalue weighted by Crippen LogP contribution is 2.29. The molecule has 0 saturated carbocycles. The van der Waals surface area contributed by atoms with E-state index in [0.29, 0.717) is 31.9 Å². The van der Waals surface area contributed by atoms with E-state index in [1.165, 1.54) is 6.33 Å². The van der Waals surface area contributed by atoms with E-state index in [0.717, 1.165) is 19.3 Å². The number of imidazole rings is 1. The maximum absolute atomic E-state index is 12.3. The van der Waals surface area contributed by atoms with Crippen LogP contribution in [0.4, 0.5) is 0 Å². The number of amides is 1. The maximum Gasteiger partial charge on any atom is 0.222 e. The Hall–Kier alpha value is -2.22. The van der Waals surface area contributed by atoms with Gasteiger partial charge in [0, 0.05) is 45.5 Å². The Morgan fingerprint density at radius 3 is 2.83 bits per heavy atom. The molecule has 0 radical (unpaired) electrons. The first-order valence-electron chi connectivity index (χ1n) is 8.40. The summed E-state index contributed by atoms with van der Waals surface area (Å²) in [4.78, 5) is 22.3. The fourth-order valence-corrected chi connectivity index (χ4v) is 3.24. The molecule has 1 fully saturated rings. The normalized spacial score (nSPS) is 17.2. The molecule has 1 aliphatic rings. The number of carbonyl (C=O) groups excluding carboxylic acids is 1. The molecule has 1 amide bonds. The first-order valence-corrected chi connectivity index (χ1v) is 8.40. The third-order valence-electron chi connectivity index (χ3n) is 4.71. The molecule has 1 unspecified atom stereocenters. The SMILES string of the molecule is Cn1ccnc1C(O)C1CCN(C(=O)CCCn2cncn2)CC1. The van der Waals surface area contributed by atoms with Crippen molar-refractivity contribution in [2.45, 2.75) is 38.3 Å². The molecule has 8 heteroatoms. The van der Waals surface area contributed by atoms with Crippen molar-refractivity contribution < 1.29 is 9.90 Å². The molecular weight excluding hydrogens is 308 g/mol. The Morgan fingerprint density at radius 2 is 2.21 bits per heavy atom. The van der Waals surface area contributed by atoms with Crippen molar-refractivity contribution in [3.8, 4) is 0 Å². The summed E-state index contributed by atoms with van der Waals surface area (Å²) in [5.41, 5.74) is 0. The minimum absolute atomic E-state index is 0.158. The smallest absolute Gasteiger partial charge is 0.222 e. The van der Waals surface area contributed by atoms with Crippen molar-refractivity contribution in [1.29, 1.82) is 0 Å². The quantitative estimate of drug-likeness (QED) is 0.844. The number of aliphatic hydroxyl groups excluding tert-OH is 1. The molecule has 0 aliphatic carbocycles. The largest absolute Gasteiger partial charge is 0.385 e. The molecule has 0 bridgehead atoms. The number of hydrogen-bond acceptors (Lipinski definition) is 5. The van der Waals surface area contributed by atoms with Crippen LogP contribution in [0.3, 0.4) is 0 Å². The Kier molecular flexibility index (Phi) is 5.24. The summed E-state index contributed by atoms with van der Waals surface area (Å²) in [5, 5.41) is 14.5. The first kappa shape index (κ1) is 16.6. The van der Waals surface area contributed by atoms with Crippen LogP contribution in [0.1, 0.15) is 37.6 Å². The third-order valence-corrected chi connectivity index (χ3v) is 4.71. The van der Waals surface area contributed by atoms with Gasteiger partial charge in [-0.25, -0.2) is 9.97 Å². The van der Waals surface area contributed by atoms with Crippen LogP contribution in [-0.2, 0) is 18.4 Å². The Balaban J connectivity index is 1.42. The third kappa shape index (κ3) is 3.81. The lowest BCUT2D eigenvalue weighted by molar-refractivity contribution is -0.133. The van der Waals surface area contributed by atoms with Crippen molar-refractivity contribution in [2.24, 2.45) is 13.0 Å². The highest BCUT2D eigenvalue weighted by Gasteiger charge is 2.29. The van der Waals surface area contributed by atoms with E-state index in [1.807, 2.05) is 22.7 Å². The summed E-state index contributed by atoms with van der Waals surface area (Å²) in [6.07, 6.45) is 9.04. The molecule has 0 spiro atoms. The Morgan fingerprint density at radius 1 is 1.42 bits per heavy atom. The maximum atomic E-state index is 12.3. The number of hydrogen-bond donors (Lipinski definition) is 1. The van der Waals surface area contributed by atoms with Crippen LogP contribution in [0.2, 0.25) is 0 Å². The van der Waals surface area contributed by atoms with Gasteiger partial charge in [0.2, 0.25) is 5.91 Å². The van der Waals surface area contributed by atoms with Gasteiger partial charge >= 0.3 is 0 Å². The van der Waals surface area contributed by atoms with Crippen LogP contribution < -0.4 is 0 Å². The summed E-state index contributed by atoms with van der Waals surface area (Å²) >= 11 is 0. The second-order valence-corrected chi connectivity index (χ2v) is 6.32. The van der Waals surface area contributed by atoms with Crippen molar-refractivity contribution in [3.05, 3.63) is 30.9 Å². The van der Waals surface area contributed by atoms with E-state index < -0.39 is 6.10 Å². The second kappa shape index (κ2) is 7.57. The van der Waals surface area contributed by atoms with Crippen molar-refractivity contribution >= 4 is 5.91 Å². The minimum atomic E-state index is -0.561. The number of aromatic nitrogens is 5. The second-order valence-electron chi connectivity index (χ2n) is 6.32. The number of aryl methyl sites for hydroxylation is 2. The zero-order valence-corrected chi connectivity index (χ0v) is 14.0. The van der Waals surface area contributed by atoms with E-state index in [1.54, 1.807) is 17.2 Å². The molecule has 1 atom stereocenters. The van der Waals surface area contributed by atoms with E-state index >= 15 is 0 Å². The molecule has 0 aromatic carbocycles. The predicted octanol–water partition coefficient (Wildman–Crippen LogP) is 0.764. The lowest BCUT2D eigenvalue weighted by atomic mass is 9.90. The molecule has 8 nitrogen and oxygen atoms in total. The van der Waals surface area contributed by atoms with Crippen molar-refractivity contribution in [1.82, 2.24) is 29.2 Å². The van der Waals surface area contributed by atoms with Gasteiger partial charge < -0.3 is 14.6 Å². The zero-order chi connectivity index (χ0) is 16.9. The van der Waals surface area contributed by atoms with Crippen LogP contribution in [0.25, 0.3) is 0 Å². The van der Waals surface area contributed by atoms with Crippen molar-refractivity contribution in [2.75, 3.05) is 13.1 Å². The minimum Gasteiger partial charge on any atom is -0.385 e. The average molecular weight is 332 g/mol. The lowest BCUT2D eigenvalue weighted by Crippen LogP contribution is -2.40. The molecule has 2 aromatic heterocycles. The molecular formula is C16H24N6O2. The van der Waals surface area contributed by atoms with Crippen LogP contribution >= 0.6 is 0 Å². The molecule has 24 heavy (non-hydrogen) atoms. The lowest BCUT2D eigenvalue weighted by Gasteiger charge is -2.34. The summed E-state index contributed by atoms with van der Waals surface area (Å²) in [5.74, 6) is 1.04. The average Bonchev–Trinajstić information content (AvgIpc) is 3.26. The van der Waals surface area contributed by atoms with Gasteiger partial charge in [0.15, 0.2) is 0 Å². The number of carbonyl (C=O) groups is 1. The highest BCUT2D eigenvalue weighted by atomic mass is 16.3. The molecule has 130 valence electrons. The molecule has 2 aromatic rings. The fraction of sp³-hybridized carbons (Fsp3) is 0.625. The van der Waals surface area contributed by atoms with E-state index in [9.17, 15) is 9.90 Å². The molecule has 3 heterocycles. The number of aliphatic hydroxyl groups is 1. The van der Waals surface area contributed by atoms with Crippen molar-refractivity contribution in [3.63, 3.8) is 0 Å². The van der Waals surface area contributed by atoms with Gasteiger partial charge in [-0.1, -0.05) is 0 Å². The van der Waals surface area contributed by atoms with Gasteiger partial charge in [-0.15, -0.1) is 0 Å². The standard InChI is InChI=1S/C16H24N6O2/c1-20-10-6-18-16(20)15(24)13-4-8-21(9-5-13)14(23)3-2-7-22-12-17-11-19-22/h6,10-13,15,24H,2-5,7-9H2,1H3. The first-order chi connectivity index (χ1) is 11.6. The summed E-state index contributed by atoms with van der Waals surface area (Å²) in [6.45, 7) is 2.11. The van der Waals surface area contributed by atoms with Crippen LogP contribution in [-0.4, -0.2) is 53.3 Å². The number of nitrogens with zero attached hydrogens (tertiary/aromatic N) is 6. The van der Waals surface area contributed by atoms with Gasteiger partial charge in [-0.05, 0) is 25.2 Å². The predicted molar refractivity (Wildman–Crippen MR) is 86.7 cm³/mol. The summed E-state index contributed by atoms with van der Waals surface area (Å²) in [6, 6.07) is 0. The fourth-order valence-electron chi connectivity index (χ4n) is 3.24. The number of piperidine rings is 1. The van der Waals surface area contributed by atoms with Gasteiger partial charge in [0.25, 0.3) is 0 Å². The van der Waals surface area contributed by atoms with Crippen LogP contribution in [0.15, 0.2) is 25.0 Å². The molecule has 1 saturated heterocycles. The Labute approximate surface area is 141 Å². The van der Waals surface area contributed by atoms with E-state index in [4.69, 9.17) is 0 Å². The van der Waals surface area contributed by atoms with Crippen LogP contribution in [0, 0.1) is 5.92 Å². The molecule has 1 aliphatic heterocycles. The molecule has 1 N–H and O–H groups in total. The van der Waals surface area contributed by atoms with Gasteiger partial charge in [0.05, 0.1) is 0 Å². The van der Waals surface area contributed by atoms with Gasteiger partial charge in [-0.2, -0.15) is 5.10 Å². The van der Waals surface area contributed by atoms with E-state index in [2.05, 4.69) is 15.1 Å². The monoisotopic (exact) mass is 332 g/mol. The van der Waals surface area contributed by atoms with Gasteiger partial charge in [-0.3, -0.25) is 9.48 Å². The van der Waals surface area contributed by atoms with Gasteiger partial charge in [0.1, 0.15) is 24.6 Å². The molecule has 3 rings (SSSR count). The zero-order valence-electron chi connectivity index (χ0n) is 14.0. The number of rotatable bonds is 6. The Bertz CT molecular complexity index is 645. The summed E-state index contributed by atoms with van der Waals surface area (Å²) < 4.78 is 3.59. The topological polar surface area (TPSA) is 89.1 Å². The highest BCUT2D eigenvalue weighted by molar-refractivity contribution is 5.76. The summed E-state index contributed by atoms with van der Waals surface area (Å²) in [7, 11) is 1.89.